The summed E-state index contributed by atoms with van der Waals surface area (Å²) in [7, 11) is 0. The van der Waals surface area contributed by atoms with E-state index in [-0.39, 0.29) is 12.4 Å². The molecule has 1 aliphatic carbocycles. The zero-order chi connectivity index (χ0) is 10.3. The van der Waals surface area contributed by atoms with Crippen LogP contribution in [0.3, 0.4) is 0 Å². The third-order valence-corrected chi connectivity index (χ3v) is 2.89. The Morgan fingerprint density at radius 3 is 2.50 bits per heavy atom. The van der Waals surface area contributed by atoms with Gasteiger partial charge in [-0.15, -0.1) is 12.4 Å². The molecule has 2 aromatic rings. The van der Waals surface area contributed by atoms with Gasteiger partial charge in [0, 0.05) is 23.9 Å². The topological polar surface area (TPSA) is 43.8 Å². The second-order valence-electron chi connectivity index (χ2n) is 4.01. The molecule has 1 aromatic heterocycles. The van der Waals surface area contributed by atoms with Gasteiger partial charge < -0.3 is 5.73 Å². The van der Waals surface area contributed by atoms with E-state index < -0.39 is 0 Å². The van der Waals surface area contributed by atoms with Crippen molar-refractivity contribution in [1.82, 2.24) is 9.78 Å². The molecule has 0 radical (unpaired) electrons. The lowest BCUT2D eigenvalue weighted by atomic mass is 10.2. The third kappa shape index (κ3) is 1.84. The highest BCUT2D eigenvalue weighted by molar-refractivity contribution is 5.85. The molecule has 0 aliphatic heterocycles. The van der Waals surface area contributed by atoms with E-state index in [2.05, 4.69) is 23.3 Å². The molecule has 0 amide bonds. The summed E-state index contributed by atoms with van der Waals surface area (Å²) in [6.45, 7) is 0. The van der Waals surface area contributed by atoms with Crippen LogP contribution in [0.2, 0.25) is 0 Å². The first-order valence-electron chi connectivity index (χ1n) is 5.21. The van der Waals surface area contributed by atoms with Crippen molar-refractivity contribution in [3.63, 3.8) is 0 Å². The Labute approximate surface area is 101 Å². The molecule has 0 saturated heterocycles. The molecule has 3 rings (SSSR count). The quantitative estimate of drug-likeness (QED) is 0.867. The van der Waals surface area contributed by atoms with Crippen LogP contribution in [0.5, 0.6) is 0 Å². The molecule has 1 heterocycles. The van der Waals surface area contributed by atoms with Gasteiger partial charge in [0.25, 0.3) is 0 Å². The predicted octanol–water partition coefficient (Wildman–Crippen LogP) is 2.11. The van der Waals surface area contributed by atoms with Gasteiger partial charge in [-0.3, -0.25) is 0 Å². The lowest BCUT2D eigenvalue weighted by Crippen LogP contribution is -2.06. The Morgan fingerprint density at radius 1 is 1.19 bits per heavy atom. The van der Waals surface area contributed by atoms with E-state index in [0.29, 0.717) is 12.0 Å². The van der Waals surface area contributed by atoms with Gasteiger partial charge in [0.15, 0.2) is 0 Å². The number of nitrogens with two attached hydrogens (primary N) is 1. The van der Waals surface area contributed by atoms with Crippen molar-refractivity contribution >= 4 is 12.4 Å². The average molecular weight is 236 g/mol. The number of para-hydroxylation sites is 1. The minimum absolute atomic E-state index is 0. The van der Waals surface area contributed by atoms with Gasteiger partial charge in [-0.2, -0.15) is 5.10 Å². The van der Waals surface area contributed by atoms with Crippen LogP contribution in [0.4, 0.5) is 0 Å². The number of rotatable bonds is 2. The van der Waals surface area contributed by atoms with Crippen LogP contribution in [0.1, 0.15) is 18.0 Å². The van der Waals surface area contributed by atoms with E-state index in [0.717, 1.165) is 12.1 Å². The molecule has 1 aromatic carbocycles. The van der Waals surface area contributed by atoms with E-state index >= 15 is 0 Å². The van der Waals surface area contributed by atoms with Crippen molar-refractivity contribution in [3.8, 4) is 5.69 Å². The molecular formula is C12H14ClN3. The number of benzene rings is 1. The fourth-order valence-electron chi connectivity index (χ4n) is 1.93. The van der Waals surface area contributed by atoms with Gasteiger partial charge >= 0.3 is 0 Å². The van der Waals surface area contributed by atoms with Crippen molar-refractivity contribution < 1.29 is 0 Å². The maximum atomic E-state index is 5.86. The Balaban J connectivity index is 0.000000963. The number of halogens is 1. The molecule has 3 nitrogen and oxygen atoms in total. The van der Waals surface area contributed by atoms with Crippen LogP contribution < -0.4 is 5.73 Å². The van der Waals surface area contributed by atoms with Crippen LogP contribution in [0, 0.1) is 0 Å². The minimum atomic E-state index is 0. The largest absolute Gasteiger partial charge is 0.327 e. The summed E-state index contributed by atoms with van der Waals surface area (Å²) >= 11 is 0. The molecule has 16 heavy (non-hydrogen) atoms. The average Bonchev–Trinajstić information content (AvgIpc) is 2.82. The Hall–Kier alpha value is -1.32. The monoisotopic (exact) mass is 235 g/mol. The fraction of sp³-hybridized carbons (Fsp3) is 0.250. The van der Waals surface area contributed by atoms with Crippen LogP contribution in [0.15, 0.2) is 42.6 Å². The van der Waals surface area contributed by atoms with Gasteiger partial charge in [0.2, 0.25) is 0 Å². The fourth-order valence-corrected chi connectivity index (χ4v) is 1.93. The van der Waals surface area contributed by atoms with Crippen LogP contribution >= 0.6 is 12.4 Å². The molecular weight excluding hydrogens is 222 g/mol. The summed E-state index contributed by atoms with van der Waals surface area (Å²) in [6, 6.07) is 12.6. The first-order valence-corrected chi connectivity index (χ1v) is 5.21. The van der Waals surface area contributed by atoms with Gasteiger partial charge in [-0.25, -0.2) is 4.68 Å². The van der Waals surface area contributed by atoms with E-state index in [1.807, 2.05) is 29.1 Å². The van der Waals surface area contributed by atoms with Crippen molar-refractivity contribution in [1.29, 1.82) is 0 Å². The van der Waals surface area contributed by atoms with Gasteiger partial charge in [0.1, 0.15) is 0 Å². The normalized spacial score (nSPS) is 22.6. The lowest BCUT2D eigenvalue weighted by molar-refractivity contribution is 0.795. The molecule has 84 valence electrons. The standard InChI is InChI=1S/C12H13N3.ClH/c13-11-8-10(11)12-6-7-14-15(12)9-4-2-1-3-5-9;/h1-7,10-11H,8,13H2;1H. The summed E-state index contributed by atoms with van der Waals surface area (Å²) in [5.41, 5.74) is 8.20. The first-order chi connectivity index (χ1) is 7.36. The minimum Gasteiger partial charge on any atom is -0.327 e. The second kappa shape index (κ2) is 4.28. The highest BCUT2D eigenvalue weighted by Gasteiger charge is 2.37. The van der Waals surface area contributed by atoms with Gasteiger partial charge in [-0.1, -0.05) is 18.2 Å². The van der Waals surface area contributed by atoms with Crippen molar-refractivity contribution in [2.24, 2.45) is 5.73 Å². The third-order valence-electron chi connectivity index (χ3n) is 2.89. The second-order valence-corrected chi connectivity index (χ2v) is 4.01. The number of hydrogen-bond acceptors (Lipinski definition) is 2. The summed E-state index contributed by atoms with van der Waals surface area (Å²) in [5.74, 6) is 0.493. The summed E-state index contributed by atoms with van der Waals surface area (Å²) in [5, 5.41) is 4.34. The number of hydrogen-bond donors (Lipinski definition) is 1. The molecule has 1 saturated carbocycles. The first kappa shape index (κ1) is 11.2. The SMILES string of the molecule is Cl.NC1CC1c1ccnn1-c1ccccc1. The molecule has 0 bridgehead atoms. The Bertz CT molecular complexity index is 466. The van der Waals surface area contributed by atoms with E-state index in [1.165, 1.54) is 5.69 Å². The van der Waals surface area contributed by atoms with Crippen LogP contribution in [-0.4, -0.2) is 15.8 Å². The Morgan fingerprint density at radius 2 is 1.88 bits per heavy atom. The molecule has 2 atom stereocenters. The predicted molar refractivity (Wildman–Crippen MR) is 66.1 cm³/mol. The lowest BCUT2D eigenvalue weighted by Gasteiger charge is -2.05. The van der Waals surface area contributed by atoms with Crippen LogP contribution in [-0.2, 0) is 0 Å². The Kier molecular flexibility index (Phi) is 2.99. The maximum absolute atomic E-state index is 5.86. The zero-order valence-electron chi connectivity index (χ0n) is 8.78. The summed E-state index contributed by atoms with van der Waals surface area (Å²) in [4.78, 5) is 0. The highest BCUT2D eigenvalue weighted by atomic mass is 35.5. The maximum Gasteiger partial charge on any atom is 0.0648 e. The molecule has 2 N–H and O–H groups in total. The van der Waals surface area contributed by atoms with Crippen molar-refractivity contribution in [3.05, 3.63) is 48.3 Å². The van der Waals surface area contributed by atoms with E-state index in [1.54, 1.807) is 0 Å². The highest BCUT2D eigenvalue weighted by Crippen LogP contribution is 2.39. The smallest absolute Gasteiger partial charge is 0.0648 e. The van der Waals surface area contributed by atoms with Gasteiger partial charge in [0.05, 0.1) is 5.69 Å². The molecule has 1 aliphatic rings. The zero-order valence-corrected chi connectivity index (χ0v) is 9.60. The van der Waals surface area contributed by atoms with Crippen molar-refractivity contribution in [2.75, 3.05) is 0 Å². The van der Waals surface area contributed by atoms with Crippen molar-refractivity contribution in [2.45, 2.75) is 18.4 Å². The van der Waals surface area contributed by atoms with Gasteiger partial charge in [-0.05, 0) is 24.6 Å². The number of aromatic nitrogens is 2. The number of nitrogens with zero attached hydrogens (tertiary/aromatic N) is 2. The van der Waals surface area contributed by atoms with Crippen LogP contribution in [0.25, 0.3) is 5.69 Å². The summed E-state index contributed by atoms with van der Waals surface area (Å²) in [6.07, 6.45) is 2.92. The molecule has 4 heteroatoms. The molecule has 2 unspecified atom stereocenters. The molecule has 0 spiro atoms. The van der Waals surface area contributed by atoms with E-state index in [9.17, 15) is 0 Å². The summed E-state index contributed by atoms with van der Waals surface area (Å²) < 4.78 is 1.98. The van der Waals surface area contributed by atoms with E-state index in [4.69, 9.17) is 5.73 Å². The molecule has 1 fully saturated rings.